The van der Waals surface area contributed by atoms with Gasteiger partial charge >= 0.3 is 6.09 Å². The van der Waals surface area contributed by atoms with Crippen molar-refractivity contribution in [1.82, 2.24) is 10.8 Å². The molecule has 0 saturated carbocycles. The predicted molar refractivity (Wildman–Crippen MR) is 17.6 cm³/mol. The Morgan fingerprint density at radius 2 is 2.67 bits per heavy atom. The molecule has 0 unspecified atom stereocenters. The van der Waals surface area contributed by atoms with Crippen molar-refractivity contribution in [3.63, 3.8) is 0 Å². The summed E-state index contributed by atoms with van der Waals surface area (Å²) in [7, 11) is 0. The van der Waals surface area contributed by atoms with Gasteiger partial charge in [-0.1, -0.05) is 0 Å². The summed E-state index contributed by atoms with van der Waals surface area (Å²) < 4.78 is 0. The standard InChI is InChI=1S/C2H4N2O2/c5-2-3-1-4-6-2/h4H,1H2,(H,3,5). The fourth-order valence-electron chi connectivity index (χ4n) is 0.246. The van der Waals surface area contributed by atoms with Gasteiger partial charge in [-0.3, -0.25) is 0 Å². The van der Waals surface area contributed by atoms with Crippen molar-refractivity contribution in [2.75, 3.05) is 6.67 Å². The van der Waals surface area contributed by atoms with Crippen LogP contribution in [-0.4, -0.2) is 12.8 Å². The largest absolute Gasteiger partial charge is 0.427 e. The summed E-state index contributed by atoms with van der Waals surface area (Å²) in [6.07, 6.45) is -0.407. The van der Waals surface area contributed by atoms with Crippen molar-refractivity contribution >= 4 is 6.09 Å². The lowest BCUT2D eigenvalue weighted by molar-refractivity contribution is 0.132. The number of hydrogen-bond acceptors (Lipinski definition) is 3. The number of carbonyl (C=O) groups is 1. The highest BCUT2D eigenvalue weighted by molar-refractivity contribution is 5.67. The molecule has 34 valence electrons. The van der Waals surface area contributed by atoms with Crippen molar-refractivity contribution < 1.29 is 9.63 Å². The van der Waals surface area contributed by atoms with Crippen LogP contribution in [0.25, 0.3) is 0 Å². The van der Waals surface area contributed by atoms with Crippen LogP contribution in [0.2, 0.25) is 0 Å². The number of hydrogen-bond donors (Lipinski definition) is 2. The van der Waals surface area contributed by atoms with Gasteiger partial charge in [0.05, 0.1) is 0 Å². The van der Waals surface area contributed by atoms with Crippen molar-refractivity contribution in [3.05, 3.63) is 0 Å². The average molecular weight is 88.1 g/mol. The summed E-state index contributed by atoms with van der Waals surface area (Å²) in [6.45, 7) is 0.416. The molecule has 1 saturated heterocycles. The van der Waals surface area contributed by atoms with Gasteiger partial charge in [0.1, 0.15) is 6.67 Å². The Morgan fingerprint density at radius 1 is 1.83 bits per heavy atom. The smallest absolute Gasteiger partial charge is 0.352 e. The maximum Gasteiger partial charge on any atom is 0.427 e. The van der Waals surface area contributed by atoms with E-state index in [0.29, 0.717) is 6.67 Å². The van der Waals surface area contributed by atoms with Crippen LogP contribution in [0.15, 0.2) is 0 Å². The normalized spacial score (nSPS) is 19.7. The fraction of sp³-hybridized carbons (Fsp3) is 0.500. The van der Waals surface area contributed by atoms with Crippen LogP contribution < -0.4 is 10.8 Å². The molecule has 0 aromatic heterocycles. The number of amides is 1. The van der Waals surface area contributed by atoms with Gasteiger partial charge < -0.3 is 10.2 Å². The molecule has 0 atom stereocenters. The highest BCUT2D eigenvalue weighted by Crippen LogP contribution is 1.74. The predicted octanol–water partition coefficient (Wildman–Crippen LogP) is -0.812. The Morgan fingerprint density at radius 3 is 2.83 bits per heavy atom. The summed E-state index contributed by atoms with van der Waals surface area (Å²) in [6, 6.07) is 0. The van der Waals surface area contributed by atoms with E-state index >= 15 is 0 Å². The second-order valence-corrected chi connectivity index (χ2v) is 0.887. The quantitative estimate of drug-likeness (QED) is 0.407. The van der Waals surface area contributed by atoms with Crippen molar-refractivity contribution in [2.45, 2.75) is 0 Å². The highest BCUT2D eigenvalue weighted by atomic mass is 16.7. The summed E-state index contributed by atoms with van der Waals surface area (Å²) in [4.78, 5) is 14.0. The summed E-state index contributed by atoms with van der Waals surface area (Å²) in [5.41, 5.74) is 2.31. The molecule has 1 aliphatic rings. The summed E-state index contributed by atoms with van der Waals surface area (Å²) in [5.74, 6) is 0. The lowest BCUT2D eigenvalue weighted by Crippen LogP contribution is -2.13. The second-order valence-electron chi connectivity index (χ2n) is 0.887. The molecular weight excluding hydrogens is 84.0 g/mol. The van der Waals surface area contributed by atoms with Gasteiger partial charge in [-0.15, -0.1) is 5.48 Å². The first-order valence-corrected chi connectivity index (χ1v) is 1.57. The van der Waals surface area contributed by atoms with Crippen LogP contribution >= 0.6 is 0 Å². The third kappa shape index (κ3) is 0.414. The van der Waals surface area contributed by atoms with E-state index in [4.69, 9.17) is 0 Å². The number of nitrogens with one attached hydrogen (secondary N) is 2. The van der Waals surface area contributed by atoms with Gasteiger partial charge in [0.25, 0.3) is 0 Å². The third-order valence-corrected chi connectivity index (χ3v) is 0.470. The minimum Gasteiger partial charge on any atom is -0.352 e. The van der Waals surface area contributed by atoms with Crippen LogP contribution in [0, 0.1) is 0 Å². The van der Waals surface area contributed by atoms with Crippen LogP contribution in [0.5, 0.6) is 0 Å². The third-order valence-electron chi connectivity index (χ3n) is 0.470. The molecule has 0 spiro atoms. The molecule has 4 heteroatoms. The molecule has 6 heavy (non-hydrogen) atoms. The highest BCUT2D eigenvalue weighted by Gasteiger charge is 2.05. The molecule has 1 heterocycles. The molecule has 1 fully saturated rings. The first-order chi connectivity index (χ1) is 2.89. The van der Waals surface area contributed by atoms with Crippen LogP contribution in [0.4, 0.5) is 4.79 Å². The van der Waals surface area contributed by atoms with Crippen LogP contribution in [0.1, 0.15) is 0 Å². The minimum absolute atomic E-state index is 0.407. The van der Waals surface area contributed by atoms with E-state index in [2.05, 4.69) is 15.6 Å². The molecular formula is C2H4N2O2. The molecule has 0 radical (unpaired) electrons. The topological polar surface area (TPSA) is 50.4 Å². The van der Waals surface area contributed by atoms with Crippen LogP contribution in [0.3, 0.4) is 0 Å². The van der Waals surface area contributed by atoms with Crippen LogP contribution in [-0.2, 0) is 4.84 Å². The van der Waals surface area contributed by atoms with Crippen molar-refractivity contribution in [1.29, 1.82) is 0 Å². The molecule has 0 bridgehead atoms. The lowest BCUT2D eigenvalue weighted by Gasteiger charge is -1.79. The number of carbonyl (C=O) groups excluding carboxylic acids is 1. The minimum atomic E-state index is -0.407. The lowest BCUT2D eigenvalue weighted by atomic mass is 11.1. The second kappa shape index (κ2) is 1.14. The fourth-order valence-corrected chi connectivity index (χ4v) is 0.246. The molecule has 1 rings (SSSR count). The number of rotatable bonds is 0. The van der Waals surface area contributed by atoms with E-state index in [9.17, 15) is 4.79 Å². The van der Waals surface area contributed by atoms with Gasteiger partial charge in [0, 0.05) is 0 Å². The van der Waals surface area contributed by atoms with Gasteiger partial charge in [-0.25, -0.2) is 4.79 Å². The number of hydroxylamine groups is 1. The van der Waals surface area contributed by atoms with Gasteiger partial charge in [0.2, 0.25) is 0 Å². The van der Waals surface area contributed by atoms with Gasteiger partial charge in [-0.2, -0.15) is 0 Å². The molecule has 2 N–H and O–H groups in total. The van der Waals surface area contributed by atoms with E-state index in [-0.39, 0.29) is 0 Å². The molecule has 4 nitrogen and oxygen atoms in total. The summed E-state index contributed by atoms with van der Waals surface area (Å²) >= 11 is 0. The maximum atomic E-state index is 9.85. The molecule has 1 aliphatic heterocycles. The zero-order valence-electron chi connectivity index (χ0n) is 3.02. The maximum absolute atomic E-state index is 9.85. The van der Waals surface area contributed by atoms with E-state index in [0.717, 1.165) is 0 Å². The van der Waals surface area contributed by atoms with E-state index < -0.39 is 6.09 Å². The first-order valence-electron chi connectivity index (χ1n) is 1.57. The first kappa shape index (κ1) is 3.42. The Hall–Kier alpha value is -0.770. The molecule has 1 amide bonds. The van der Waals surface area contributed by atoms with Gasteiger partial charge in [-0.05, 0) is 0 Å². The molecule has 0 aromatic rings. The Bertz CT molecular complexity index is 63.9. The molecule has 0 aliphatic carbocycles. The monoisotopic (exact) mass is 88.0 g/mol. The zero-order chi connectivity index (χ0) is 4.41. The van der Waals surface area contributed by atoms with Crippen molar-refractivity contribution in [2.24, 2.45) is 0 Å². The summed E-state index contributed by atoms with van der Waals surface area (Å²) in [5, 5.41) is 2.35. The molecule has 0 aromatic carbocycles. The Kier molecular flexibility index (Phi) is 0.648. The van der Waals surface area contributed by atoms with Crippen molar-refractivity contribution in [3.8, 4) is 0 Å². The van der Waals surface area contributed by atoms with E-state index in [1.165, 1.54) is 0 Å². The van der Waals surface area contributed by atoms with E-state index in [1.54, 1.807) is 0 Å². The van der Waals surface area contributed by atoms with Gasteiger partial charge in [0.15, 0.2) is 0 Å². The Labute approximate surface area is 34.4 Å². The Balaban J connectivity index is 2.37. The van der Waals surface area contributed by atoms with E-state index in [1.807, 2.05) is 0 Å². The zero-order valence-corrected chi connectivity index (χ0v) is 3.02. The SMILES string of the molecule is O=C1NCNO1. The average Bonchev–Trinajstić information content (AvgIpc) is 1.86.